The molecule has 0 aliphatic carbocycles. The van der Waals surface area contributed by atoms with Gasteiger partial charge in [0.05, 0.1) is 0 Å². The van der Waals surface area contributed by atoms with Crippen molar-refractivity contribution in [1.29, 1.82) is 0 Å². The lowest BCUT2D eigenvalue weighted by Crippen LogP contribution is -2.50. The Morgan fingerprint density at radius 3 is 2.22 bits per heavy atom. The Labute approximate surface area is 112 Å². The summed E-state index contributed by atoms with van der Waals surface area (Å²) in [5.41, 5.74) is 4.55. The predicted octanol–water partition coefficient (Wildman–Crippen LogP) is 3.22. The second-order valence-electron chi connectivity index (χ2n) is 6.17. The van der Waals surface area contributed by atoms with E-state index in [0.29, 0.717) is 5.54 Å². The molecule has 0 saturated carbocycles. The summed E-state index contributed by atoms with van der Waals surface area (Å²) in [5, 5.41) is 0. The van der Waals surface area contributed by atoms with Crippen molar-refractivity contribution in [2.75, 3.05) is 32.1 Å². The highest BCUT2D eigenvalue weighted by Gasteiger charge is 2.32. The minimum Gasteiger partial charge on any atom is -0.371 e. The molecule has 0 amide bonds. The van der Waals surface area contributed by atoms with Crippen LogP contribution in [0.1, 0.15) is 30.9 Å². The molecule has 0 bridgehead atoms. The molecule has 0 atom stereocenters. The Bertz CT molecular complexity index is 415. The van der Waals surface area contributed by atoms with Crippen LogP contribution in [-0.4, -0.2) is 37.6 Å². The highest BCUT2D eigenvalue weighted by molar-refractivity contribution is 5.54. The minimum absolute atomic E-state index is 0.370. The first-order valence-electron chi connectivity index (χ1n) is 6.92. The molecule has 1 aliphatic rings. The summed E-state index contributed by atoms with van der Waals surface area (Å²) < 4.78 is 0. The Balaban J connectivity index is 2.10. The maximum absolute atomic E-state index is 2.54. The van der Waals surface area contributed by atoms with Crippen LogP contribution in [0.3, 0.4) is 0 Å². The van der Waals surface area contributed by atoms with Crippen molar-refractivity contribution in [3.05, 3.63) is 29.3 Å². The first-order chi connectivity index (χ1) is 8.42. The summed E-state index contributed by atoms with van der Waals surface area (Å²) >= 11 is 0. The van der Waals surface area contributed by atoms with Crippen LogP contribution in [0.4, 0.5) is 5.69 Å². The Morgan fingerprint density at radius 2 is 1.72 bits per heavy atom. The summed E-state index contributed by atoms with van der Waals surface area (Å²) in [5.74, 6) is 0. The van der Waals surface area contributed by atoms with E-state index < -0.39 is 0 Å². The van der Waals surface area contributed by atoms with Gasteiger partial charge in [0.15, 0.2) is 0 Å². The summed E-state index contributed by atoms with van der Waals surface area (Å²) in [6.07, 6.45) is 2.49. The molecule has 2 nitrogen and oxygen atoms in total. The van der Waals surface area contributed by atoms with Gasteiger partial charge in [0, 0.05) is 24.3 Å². The average Bonchev–Trinajstić information content (AvgIpc) is 2.31. The molecule has 2 rings (SSSR count). The van der Waals surface area contributed by atoms with Gasteiger partial charge in [-0.05, 0) is 59.3 Å². The van der Waals surface area contributed by atoms with Crippen molar-refractivity contribution < 1.29 is 0 Å². The Morgan fingerprint density at radius 1 is 1.11 bits per heavy atom. The number of aryl methyl sites for hydroxylation is 2. The molecule has 100 valence electrons. The fourth-order valence-corrected chi connectivity index (χ4v) is 2.84. The molecule has 1 aliphatic heterocycles. The van der Waals surface area contributed by atoms with E-state index in [1.807, 2.05) is 0 Å². The molecule has 0 N–H and O–H groups in total. The van der Waals surface area contributed by atoms with Gasteiger partial charge < -0.3 is 9.80 Å². The van der Waals surface area contributed by atoms with Crippen LogP contribution >= 0.6 is 0 Å². The highest BCUT2D eigenvalue weighted by Crippen LogP contribution is 2.31. The van der Waals surface area contributed by atoms with Crippen molar-refractivity contribution >= 4 is 5.69 Å². The molecule has 0 radical (unpaired) electrons. The molecule has 1 fully saturated rings. The third kappa shape index (κ3) is 2.54. The fourth-order valence-electron chi connectivity index (χ4n) is 2.84. The molecule has 1 heterocycles. The van der Waals surface area contributed by atoms with Crippen molar-refractivity contribution in [2.24, 2.45) is 0 Å². The average molecular weight is 246 g/mol. The predicted molar refractivity (Wildman–Crippen MR) is 79.5 cm³/mol. The lowest BCUT2D eigenvalue weighted by atomic mass is 9.88. The quantitative estimate of drug-likeness (QED) is 0.790. The molecule has 1 aromatic rings. The molecular weight excluding hydrogens is 220 g/mol. The lowest BCUT2D eigenvalue weighted by Gasteiger charge is -2.44. The zero-order valence-electron chi connectivity index (χ0n) is 12.5. The van der Waals surface area contributed by atoms with Crippen molar-refractivity contribution in [3.63, 3.8) is 0 Å². The number of nitrogens with zero attached hydrogens (tertiary/aromatic N) is 2. The second-order valence-corrected chi connectivity index (χ2v) is 6.17. The number of anilines is 1. The number of hydrogen-bond donors (Lipinski definition) is 0. The largest absolute Gasteiger partial charge is 0.371 e. The van der Waals surface area contributed by atoms with E-state index in [1.165, 1.54) is 42.7 Å². The zero-order chi connectivity index (χ0) is 13.3. The summed E-state index contributed by atoms with van der Waals surface area (Å²) in [7, 11) is 4.40. The smallest absolute Gasteiger partial charge is 0.0396 e. The van der Waals surface area contributed by atoms with Crippen LogP contribution in [0, 0.1) is 13.8 Å². The fraction of sp³-hybridized carbons (Fsp3) is 0.625. The van der Waals surface area contributed by atoms with E-state index in [0.717, 1.165) is 0 Å². The summed E-state index contributed by atoms with van der Waals surface area (Å²) in [4.78, 5) is 4.92. The molecule has 1 aromatic carbocycles. The topological polar surface area (TPSA) is 6.48 Å². The normalized spacial score (nSPS) is 19.3. The van der Waals surface area contributed by atoms with Crippen LogP contribution in [0.2, 0.25) is 0 Å². The first-order valence-corrected chi connectivity index (χ1v) is 6.92. The molecule has 0 unspecified atom stereocenters. The van der Waals surface area contributed by atoms with Gasteiger partial charge in [0.1, 0.15) is 0 Å². The van der Waals surface area contributed by atoms with Crippen molar-refractivity contribution in [3.8, 4) is 0 Å². The SMILES string of the molecule is Cc1ccc(N2CCC(C)(N(C)C)CC2)c(C)c1. The molecular formula is C16H26N2. The van der Waals surface area contributed by atoms with Crippen molar-refractivity contribution in [1.82, 2.24) is 4.90 Å². The van der Waals surface area contributed by atoms with E-state index in [1.54, 1.807) is 0 Å². The number of benzene rings is 1. The Kier molecular flexibility index (Phi) is 3.67. The first kappa shape index (κ1) is 13.4. The summed E-state index contributed by atoms with van der Waals surface area (Å²) in [6.45, 7) is 9.10. The van der Waals surface area contributed by atoms with Crippen molar-refractivity contribution in [2.45, 2.75) is 39.2 Å². The van der Waals surface area contributed by atoms with Gasteiger partial charge in [0.25, 0.3) is 0 Å². The van der Waals surface area contributed by atoms with Gasteiger partial charge in [-0.15, -0.1) is 0 Å². The van der Waals surface area contributed by atoms with Crippen LogP contribution in [0.25, 0.3) is 0 Å². The minimum atomic E-state index is 0.370. The van der Waals surface area contributed by atoms with Crippen LogP contribution in [-0.2, 0) is 0 Å². The van der Waals surface area contributed by atoms with E-state index in [2.05, 4.69) is 62.9 Å². The number of hydrogen-bond acceptors (Lipinski definition) is 2. The van der Waals surface area contributed by atoms with Crippen LogP contribution in [0.15, 0.2) is 18.2 Å². The maximum atomic E-state index is 2.54. The molecule has 18 heavy (non-hydrogen) atoms. The van der Waals surface area contributed by atoms with Gasteiger partial charge in [-0.1, -0.05) is 17.7 Å². The Hall–Kier alpha value is -1.02. The molecule has 1 saturated heterocycles. The third-order valence-electron chi connectivity index (χ3n) is 4.61. The van der Waals surface area contributed by atoms with Gasteiger partial charge in [-0.3, -0.25) is 0 Å². The summed E-state index contributed by atoms with van der Waals surface area (Å²) in [6, 6.07) is 6.79. The third-order valence-corrected chi connectivity index (χ3v) is 4.61. The standard InChI is InChI=1S/C16H26N2/c1-13-6-7-15(14(2)12-13)18-10-8-16(3,9-11-18)17(4)5/h6-7,12H,8-11H2,1-5H3. The van der Waals surface area contributed by atoms with Crippen LogP contribution in [0.5, 0.6) is 0 Å². The molecule has 2 heteroatoms. The van der Waals surface area contributed by atoms with Crippen LogP contribution < -0.4 is 4.90 Å². The maximum Gasteiger partial charge on any atom is 0.0396 e. The van der Waals surface area contributed by atoms with E-state index in [-0.39, 0.29) is 0 Å². The van der Waals surface area contributed by atoms with E-state index in [4.69, 9.17) is 0 Å². The van der Waals surface area contributed by atoms with Gasteiger partial charge in [-0.25, -0.2) is 0 Å². The number of piperidine rings is 1. The second kappa shape index (κ2) is 4.93. The van der Waals surface area contributed by atoms with E-state index >= 15 is 0 Å². The van der Waals surface area contributed by atoms with E-state index in [9.17, 15) is 0 Å². The monoisotopic (exact) mass is 246 g/mol. The number of rotatable bonds is 2. The van der Waals surface area contributed by atoms with Gasteiger partial charge >= 0.3 is 0 Å². The molecule has 0 spiro atoms. The highest BCUT2D eigenvalue weighted by atomic mass is 15.2. The lowest BCUT2D eigenvalue weighted by molar-refractivity contribution is 0.137. The molecule has 0 aromatic heterocycles. The zero-order valence-corrected chi connectivity index (χ0v) is 12.5. The van der Waals surface area contributed by atoms with Gasteiger partial charge in [0.2, 0.25) is 0 Å². The van der Waals surface area contributed by atoms with Gasteiger partial charge in [-0.2, -0.15) is 0 Å².